The van der Waals surface area contributed by atoms with Gasteiger partial charge in [0.1, 0.15) is 11.0 Å². The van der Waals surface area contributed by atoms with Crippen molar-refractivity contribution in [2.45, 2.75) is 6.92 Å². The van der Waals surface area contributed by atoms with Crippen LogP contribution in [0.5, 0.6) is 0 Å². The van der Waals surface area contributed by atoms with Crippen LogP contribution in [-0.4, -0.2) is 35.9 Å². The Morgan fingerprint density at radius 2 is 2.00 bits per heavy atom. The van der Waals surface area contributed by atoms with E-state index < -0.39 is 0 Å². The van der Waals surface area contributed by atoms with Crippen molar-refractivity contribution in [1.29, 1.82) is 0 Å². The van der Waals surface area contributed by atoms with Crippen LogP contribution in [0, 0.1) is 6.92 Å². The lowest BCUT2D eigenvalue weighted by molar-refractivity contribution is 0.0950. The van der Waals surface area contributed by atoms with Gasteiger partial charge in [-0.25, -0.2) is 4.98 Å². The summed E-state index contributed by atoms with van der Waals surface area (Å²) in [5.74, 6) is -0.260. The summed E-state index contributed by atoms with van der Waals surface area (Å²) in [6.45, 7) is 1.80. The Kier molecular flexibility index (Phi) is 2.65. The molecular weight excluding hydrogens is 280 g/mol. The largest absolute Gasteiger partial charge is 0.280 e. The van der Waals surface area contributed by atoms with Gasteiger partial charge in [0.15, 0.2) is 5.65 Å². The third-order valence-corrected chi connectivity index (χ3v) is 3.42. The first-order chi connectivity index (χ1) is 10.8. The van der Waals surface area contributed by atoms with E-state index in [4.69, 9.17) is 0 Å². The lowest BCUT2D eigenvalue weighted by Gasteiger charge is -2.03. The maximum absolute atomic E-state index is 12.7. The molecule has 0 unspecified atom stereocenters. The molecule has 0 fully saturated rings. The smallest absolute Gasteiger partial charge is 0.267 e. The Balaban J connectivity index is 2.06. The van der Waals surface area contributed by atoms with E-state index in [1.807, 2.05) is 6.07 Å². The van der Waals surface area contributed by atoms with Crippen LogP contribution >= 0.6 is 0 Å². The number of carbonyl (C=O) groups excluding carboxylic acids is 1. The minimum Gasteiger partial charge on any atom is -0.267 e. The van der Waals surface area contributed by atoms with Crippen molar-refractivity contribution < 1.29 is 4.79 Å². The molecule has 4 heterocycles. The Morgan fingerprint density at radius 1 is 1.14 bits per heavy atom. The van der Waals surface area contributed by atoms with Crippen molar-refractivity contribution in [3.8, 4) is 0 Å². The lowest BCUT2D eigenvalue weighted by Crippen LogP contribution is -2.14. The second kappa shape index (κ2) is 4.66. The van der Waals surface area contributed by atoms with Gasteiger partial charge in [0, 0.05) is 24.0 Å². The summed E-state index contributed by atoms with van der Waals surface area (Å²) in [6, 6.07) is 7.07. The van der Waals surface area contributed by atoms with E-state index in [0.29, 0.717) is 27.9 Å². The van der Waals surface area contributed by atoms with Crippen LogP contribution in [0.2, 0.25) is 0 Å². The van der Waals surface area contributed by atoms with Gasteiger partial charge in [0.2, 0.25) is 0 Å². The number of fused-ring (bicyclic) bond motifs is 3. The highest BCUT2D eigenvalue weighted by Gasteiger charge is 2.19. The molecule has 0 amide bonds. The molecule has 0 radical (unpaired) electrons. The molecule has 106 valence electrons. The van der Waals surface area contributed by atoms with Gasteiger partial charge < -0.3 is 0 Å². The van der Waals surface area contributed by atoms with Crippen molar-refractivity contribution in [2.24, 2.45) is 0 Å². The number of aromatic nitrogens is 6. The highest BCUT2D eigenvalue weighted by Crippen LogP contribution is 2.23. The maximum Gasteiger partial charge on any atom is 0.280 e. The molecule has 0 aliphatic rings. The highest BCUT2D eigenvalue weighted by molar-refractivity contribution is 6.08. The first kappa shape index (κ1) is 12.5. The molecule has 0 aromatic carbocycles. The first-order valence-electron chi connectivity index (χ1n) is 6.67. The second-order valence-electron chi connectivity index (χ2n) is 4.82. The number of rotatable bonds is 1. The molecule has 22 heavy (non-hydrogen) atoms. The molecule has 0 aliphatic heterocycles. The zero-order chi connectivity index (χ0) is 15.1. The van der Waals surface area contributed by atoms with Gasteiger partial charge in [0.25, 0.3) is 5.91 Å². The monoisotopic (exact) mass is 290 g/mol. The van der Waals surface area contributed by atoms with Crippen molar-refractivity contribution in [3.63, 3.8) is 0 Å². The van der Waals surface area contributed by atoms with Crippen molar-refractivity contribution in [2.75, 3.05) is 0 Å². The fraction of sp³-hybridized carbons (Fsp3) is 0.0667. The van der Waals surface area contributed by atoms with E-state index in [2.05, 4.69) is 25.3 Å². The Morgan fingerprint density at radius 3 is 2.82 bits per heavy atom. The zero-order valence-electron chi connectivity index (χ0n) is 11.6. The minimum atomic E-state index is -0.260. The summed E-state index contributed by atoms with van der Waals surface area (Å²) >= 11 is 0. The van der Waals surface area contributed by atoms with Crippen LogP contribution < -0.4 is 0 Å². The Hall–Kier alpha value is -3.22. The van der Waals surface area contributed by atoms with Crippen LogP contribution in [0.15, 0.2) is 42.9 Å². The fourth-order valence-corrected chi connectivity index (χ4v) is 2.40. The van der Waals surface area contributed by atoms with E-state index in [9.17, 15) is 4.79 Å². The quantitative estimate of drug-likeness (QED) is 0.531. The molecule has 7 heteroatoms. The minimum absolute atomic E-state index is 0.260. The maximum atomic E-state index is 12.7. The molecule has 0 saturated heterocycles. The molecule has 4 aromatic heterocycles. The van der Waals surface area contributed by atoms with Gasteiger partial charge in [-0.1, -0.05) is 0 Å². The molecule has 0 N–H and O–H groups in total. The molecule has 7 nitrogen and oxygen atoms in total. The molecule has 0 bridgehead atoms. The third-order valence-electron chi connectivity index (χ3n) is 3.42. The number of pyridine rings is 2. The van der Waals surface area contributed by atoms with E-state index in [-0.39, 0.29) is 5.91 Å². The number of carbonyl (C=O) groups is 1. The molecule has 0 spiro atoms. The average Bonchev–Trinajstić information content (AvgIpc) is 2.92. The van der Waals surface area contributed by atoms with Crippen LogP contribution in [0.4, 0.5) is 0 Å². The van der Waals surface area contributed by atoms with Gasteiger partial charge in [-0.2, -0.15) is 9.78 Å². The predicted molar refractivity (Wildman–Crippen MR) is 79.3 cm³/mol. The van der Waals surface area contributed by atoms with Gasteiger partial charge in [-0.05, 0) is 31.2 Å². The van der Waals surface area contributed by atoms with Crippen LogP contribution in [0.1, 0.15) is 16.1 Å². The second-order valence-corrected chi connectivity index (χ2v) is 4.82. The molecule has 4 rings (SSSR count). The van der Waals surface area contributed by atoms with E-state index >= 15 is 0 Å². The van der Waals surface area contributed by atoms with Crippen molar-refractivity contribution >= 4 is 28.0 Å². The van der Waals surface area contributed by atoms with Crippen LogP contribution in [0.25, 0.3) is 22.1 Å². The Bertz CT molecular complexity index is 1010. The SMILES string of the molecule is Cc1nn(C(=O)c2cccnc2)c2c1nnc1ncccc12. The van der Waals surface area contributed by atoms with Gasteiger partial charge in [-0.3, -0.25) is 9.78 Å². The van der Waals surface area contributed by atoms with Crippen molar-refractivity contribution in [1.82, 2.24) is 29.9 Å². The van der Waals surface area contributed by atoms with Gasteiger partial charge >= 0.3 is 0 Å². The highest BCUT2D eigenvalue weighted by atomic mass is 16.2. The molecular formula is C15H10N6O. The zero-order valence-corrected chi connectivity index (χ0v) is 11.6. The normalized spacial score (nSPS) is 11.1. The first-order valence-corrected chi connectivity index (χ1v) is 6.67. The van der Waals surface area contributed by atoms with Gasteiger partial charge in [0.05, 0.1) is 11.3 Å². The summed E-state index contributed by atoms with van der Waals surface area (Å²) < 4.78 is 1.35. The van der Waals surface area contributed by atoms with E-state index in [1.54, 1.807) is 37.5 Å². The summed E-state index contributed by atoms with van der Waals surface area (Å²) in [4.78, 5) is 20.9. The number of hydrogen-bond donors (Lipinski definition) is 0. The number of hydrogen-bond acceptors (Lipinski definition) is 6. The van der Waals surface area contributed by atoms with E-state index in [1.165, 1.54) is 10.9 Å². The average molecular weight is 290 g/mol. The molecule has 0 aliphatic carbocycles. The summed E-state index contributed by atoms with van der Waals surface area (Å²) in [5, 5.41) is 13.3. The molecule has 0 saturated carbocycles. The van der Waals surface area contributed by atoms with Crippen LogP contribution in [0.3, 0.4) is 0 Å². The van der Waals surface area contributed by atoms with E-state index in [0.717, 1.165) is 5.39 Å². The summed E-state index contributed by atoms with van der Waals surface area (Å²) in [7, 11) is 0. The lowest BCUT2D eigenvalue weighted by atomic mass is 10.2. The summed E-state index contributed by atoms with van der Waals surface area (Å²) in [6.07, 6.45) is 4.77. The fourth-order valence-electron chi connectivity index (χ4n) is 2.40. The topological polar surface area (TPSA) is 86.5 Å². The Labute approximate surface area is 124 Å². The number of aryl methyl sites for hydroxylation is 1. The molecule has 0 atom stereocenters. The summed E-state index contributed by atoms with van der Waals surface area (Å²) in [5.41, 5.74) is 2.79. The predicted octanol–water partition coefficient (Wildman–Crippen LogP) is 1.77. The number of nitrogens with zero attached hydrogens (tertiary/aromatic N) is 6. The van der Waals surface area contributed by atoms with Gasteiger partial charge in [-0.15, -0.1) is 10.2 Å². The van der Waals surface area contributed by atoms with Crippen LogP contribution in [-0.2, 0) is 0 Å². The standard InChI is InChI=1S/C15H10N6O/c1-9-12-13(11-5-3-7-17-14(11)19-18-12)21(20-9)15(22)10-4-2-6-16-8-10/h2-8H,1H3. The third kappa shape index (κ3) is 1.76. The van der Waals surface area contributed by atoms with Crippen molar-refractivity contribution in [3.05, 3.63) is 54.1 Å². The molecule has 4 aromatic rings.